The van der Waals surface area contributed by atoms with E-state index in [9.17, 15) is 0 Å². The lowest BCUT2D eigenvalue weighted by molar-refractivity contribution is 0.0170. The molecule has 3 rings (SSSR count). The zero-order valence-electron chi connectivity index (χ0n) is 8.03. The molecule has 0 aromatic carbocycles. The molecular weight excluding hydrogens is 248 g/mol. The van der Waals surface area contributed by atoms with Crippen LogP contribution in [0.25, 0.3) is 0 Å². The topological polar surface area (TPSA) is 39.6 Å². The minimum atomic E-state index is -0.233. The van der Waals surface area contributed by atoms with Crippen LogP contribution < -0.4 is 0 Å². The van der Waals surface area contributed by atoms with E-state index in [1.807, 2.05) is 18.7 Å². The minimum absolute atomic E-state index is 0.191. The summed E-state index contributed by atoms with van der Waals surface area (Å²) in [5, 5.41) is 4.19. The van der Waals surface area contributed by atoms with Gasteiger partial charge in [-0.3, -0.25) is 4.68 Å². The van der Waals surface area contributed by atoms with Crippen molar-refractivity contribution in [3.8, 4) is 0 Å². The summed E-state index contributed by atoms with van der Waals surface area (Å²) in [7, 11) is 1.93. The van der Waals surface area contributed by atoms with E-state index in [0.29, 0.717) is 6.61 Å². The molecule has 0 radical (unpaired) electrons. The normalized spacial score (nSPS) is 39.9. The lowest BCUT2D eigenvalue weighted by atomic mass is 10.0. The van der Waals surface area contributed by atoms with Crippen LogP contribution >= 0.6 is 15.9 Å². The first-order valence-corrected chi connectivity index (χ1v) is 5.42. The zero-order chi connectivity index (χ0) is 9.92. The largest absolute Gasteiger partial charge is 0.372 e. The Morgan fingerprint density at radius 3 is 2.93 bits per heavy atom. The first-order valence-electron chi connectivity index (χ1n) is 4.62. The van der Waals surface area contributed by atoms with Gasteiger partial charge in [-0.2, -0.15) is 5.10 Å². The van der Waals surface area contributed by atoms with Gasteiger partial charge in [-0.1, -0.05) is 0 Å². The number of fused-ring (bicyclic) bond motifs is 1. The van der Waals surface area contributed by atoms with Crippen molar-refractivity contribution in [1.29, 1.82) is 0 Å². The SMILES string of the molecule is C[C@@H]1OC[C@@]2(c3c(Br)cnn3C)O[C@H]12. The fourth-order valence-corrected chi connectivity index (χ4v) is 2.96. The molecule has 2 fully saturated rings. The van der Waals surface area contributed by atoms with Crippen molar-refractivity contribution in [2.75, 3.05) is 6.61 Å². The van der Waals surface area contributed by atoms with Crippen LogP contribution in [0.3, 0.4) is 0 Å². The van der Waals surface area contributed by atoms with Crippen molar-refractivity contribution < 1.29 is 9.47 Å². The average Bonchev–Trinajstić information content (AvgIpc) is 2.67. The van der Waals surface area contributed by atoms with Gasteiger partial charge in [0.05, 0.1) is 29.1 Å². The molecule has 0 spiro atoms. The van der Waals surface area contributed by atoms with E-state index in [2.05, 4.69) is 21.0 Å². The number of rotatable bonds is 1. The van der Waals surface area contributed by atoms with Gasteiger partial charge in [-0.25, -0.2) is 0 Å². The minimum Gasteiger partial charge on any atom is -0.372 e. The van der Waals surface area contributed by atoms with Gasteiger partial charge in [0.15, 0.2) is 5.60 Å². The third kappa shape index (κ3) is 0.924. The Kier molecular flexibility index (Phi) is 1.64. The molecule has 2 aliphatic rings. The summed E-state index contributed by atoms with van der Waals surface area (Å²) in [6.07, 6.45) is 2.19. The molecule has 0 amide bonds. The Labute approximate surface area is 90.3 Å². The number of nitrogens with zero attached hydrogens (tertiary/aromatic N) is 2. The molecule has 0 N–H and O–H groups in total. The first-order chi connectivity index (χ1) is 6.65. The van der Waals surface area contributed by atoms with Crippen molar-refractivity contribution in [3.63, 3.8) is 0 Å². The monoisotopic (exact) mass is 258 g/mol. The number of aryl methyl sites for hydroxylation is 1. The maximum atomic E-state index is 5.74. The predicted octanol–water partition coefficient (Wildman–Crippen LogP) is 1.20. The second kappa shape index (κ2) is 2.59. The number of halogens is 1. The van der Waals surface area contributed by atoms with Crippen molar-refractivity contribution in [3.05, 3.63) is 16.4 Å². The molecule has 0 unspecified atom stereocenters. The molecule has 3 atom stereocenters. The highest BCUT2D eigenvalue weighted by molar-refractivity contribution is 9.10. The first kappa shape index (κ1) is 8.88. The second-order valence-electron chi connectivity index (χ2n) is 3.91. The summed E-state index contributed by atoms with van der Waals surface area (Å²) in [6, 6.07) is 0. The highest BCUT2D eigenvalue weighted by Crippen LogP contribution is 2.54. The smallest absolute Gasteiger partial charge is 0.163 e. The van der Waals surface area contributed by atoms with E-state index in [0.717, 1.165) is 10.2 Å². The quantitative estimate of drug-likeness (QED) is 0.711. The number of aromatic nitrogens is 2. The lowest BCUT2D eigenvalue weighted by Crippen LogP contribution is -2.18. The summed E-state index contributed by atoms with van der Waals surface area (Å²) in [5.41, 5.74) is 0.857. The lowest BCUT2D eigenvalue weighted by Gasteiger charge is -2.09. The third-order valence-electron chi connectivity index (χ3n) is 3.02. The Balaban J connectivity index is 2.05. The predicted molar refractivity (Wildman–Crippen MR) is 52.9 cm³/mol. The van der Waals surface area contributed by atoms with E-state index in [-0.39, 0.29) is 17.8 Å². The Hall–Kier alpha value is -0.390. The summed E-state index contributed by atoms with van der Waals surface area (Å²) in [6.45, 7) is 2.68. The summed E-state index contributed by atoms with van der Waals surface area (Å²) < 4.78 is 14.2. The van der Waals surface area contributed by atoms with Crippen LogP contribution in [0.5, 0.6) is 0 Å². The Bertz CT molecular complexity index is 373. The number of hydrogen-bond donors (Lipinski definition) is 0. The maximum absolute atomic E-state index is 5.74. The van der Waals surface area contributed by atoms with E-state index in [4.69, 9.17) is 9.47 Å². The molecule has 3 heterocycles. The van der Waals surface area contributed by atoms with Gasteiger partial charge in [0.2, 0.25) is 0 Å². The van der Waals surface area contributed by atoms with E-state index >= 15 is 0 Å². The third-order valence-corrected chi connectivity index (χ3v) is 3.60. The molecule has 0 aliphatic carbocycles. The van der Waals surface area contributed by atoms with E-state index in [1.54, 1.807) is 6.20 Å². The molecule has 0 bridgehead atoms. The maximum Gasteiger partial charge on any atom is 0.163 e. The highest BCUT2D eigenvalue weighted by atomic mass is 79.9. The van der Waals surface area contributed by atoms with Crippen LogP contribution in [0.1, 0.15) is 12.6 Å². The standard InChI is InChI=1S/C9H11BrN2O2/c1-5-8-9(14-8,4-13-5)7-6(10)3-11-12(7)2/h3,5,8H,4H2,1-2H3/t5-,8+,9-/m0/s1. The molecule has 76 valence electrons. The van der Waals surface area contributed by atoms with Crippen LogP contribution in [-0.2, 0) is 22.1 Å². The fourth-order valence-electron chi connectivity index (χ4n) is 2.27. The van der Waals surface area contributed by atoms with Gasteiger partial charge in [0, 0.05) is 7.05 Å². The summed E-state index contributed by atoms with van der Waals surface area (Å²) in [4.78, 5) is 0. The number of epoxide rings is 1. The number of hydrogen-bond acceptors (Lipinski definition) is 3. The van der Waals surface area contributed by atoms with E-state index < -0.39 is 0 Å². The highest BCUT2D eigenvalue weighted by Gasteiger charge is 2.67. The van der Waals surface area contributed by atoms with Crippen molar-refractivity contribution in [2.45, 2.75) is 24.7 Å². The van der Waals surface area contributed by atoms with Gasteiger partial charge in [-0.15, -0.1) is 0 Å². The molecule has 2 aliphatic heterocycles. The molecular formula is C9H11BrN2O2. The van der Waals surface area contributed by atoms with Gasteiger partial charge in [0.25, 0.3) is 0 Å². The van der Waals surface area contributed by atoms with E-state index in [1.165, 1.54) is 0 Å². The van der Waals surface area contributed by atoms with Gasteiger partial charge >= 0.3 is 0 Å². The van der Waals surface area contributed by atoms with Gasteiger partial charge in [0.1, 0.15) is 6.10 Å². The van der Waals surface area contributed by atoms with Gasteiger partial charge < -0.3 is 9.47 Å². The van der Waals surface area contributed by atoms with Crippen LogP contribution in [-0.4, -0.2) is 28.6 Å². The molecule has 1 aromatic rings. The summed E-state index contributed by atoms with van der Waals surface area (Å²) in [5.74, 6) is 0. The molecule has 2 saturated heterocycles. The fraction of sp³-hybridized carbons (Fsp3) is 0.667. The zero-order valence-corrected chi connectivity index (χ0v) is 9.61. The molecule has 5 heteroatoms. The second-order valence-corrected chi connectivity index (χ2v) is 4.76. The van der Waals surface area contributed by atoms with Crippen LogP contribution in [0.15, 0.2) is 10.7 Å². The molecule has 1 aromatic heterocycles. The van der Waals surface area contributed by atoms with Crippen molar-refractivity contribution >= 4 is 15.9 Å². The van der Waals surface area contributed by atoms with Gasteiger partial charge in [-0.05, 0) is 22.9 Å². The van der Waals surface area contributed by atoms with Crippen LogP contribution in [0.2, 0.25) is 0 Å². The van der Waals surface area contributed by atoms with Crippen molar-refractivity contribution in [1.82, 2.24) is 9.78 Å². The van der Waals surface area contributed by atoms with Crippen LogP contribution in [0, 0.1) is 0 Å². The summed E-state index contributed by atoms with van der Waals surface area (Å²) >= 11 is 3.49. The van der Waals surface area contributed by atoms with Crippen LogP contribution in [0.4, 0.5) is 0 Å². The van der Waals surface area contributed by atoms with Crippen molar-refractivity contribution in [2.24, 2.45) is 7.05 Å². The molecule has 4 nitrogen and oxygen atoms in total. The Morgan fingerprint density at radius 1 is 1.71 bits per heavy atom. The average molecular weight is 259 g/mol. The molecule has 14 heavy (non-hydrogen) atoms. The molecule has 0 saturated carbocycles. The Morgan fingerprint density at radius 2 is 2.50 bits per heavy atom. The number of ether oxygens (including phenoxy) is 2.